The Hall–Kier alpha value is -3.21. The van der Waals surface area contributed by atoms with E-state index in [0.717, 1.165) is 5.56 Å². The minimum atomic E-state index is -0.484. The van der Waals surface area contributed by atoms with E-state index in [1.54, 1.807) is 12.1 Å². The standard InChI is InChI=1S/C16H18N4O4/c1-11(21)19-5-4-18-9-13(7-17)16(22)20-8-12-2-3-14-15(6-12)24-10-23-14/h2-3,6,9,18H,4-5,8,10H2,1H3,(H,19,21)(H,20,22)/b13-9-. The first-order valence-corrected chi connectivity index (χ1v) is 7.35. The molecule has 1 heterocycles. The number of carbonyl (C=O) groups excluding carboxylic acids is 2. The average Bonchev–Trinajstić information content (AvgIpc) is 3.03. The molecule has 0 unspecified atom stereocenters. The molecule has 0 atom stereocenters. The van der Waals surface area contributed by atoms with Crippen molar-refractivity contribution in [1.29, 1.82) is 5.26 Å². The van der Waals surface area contributed by atoms with Gasteiger partial charge in [-0.15, -0.1) is 0 Å². The molecule has 0 saturated carbocycles. The maximum Gasteiger partial charge on any atom is 0.263 e. The number of benzene rings is 1. The van der Waals surface area contributed by atoms with Crippen LogP contribution in [0.15, 0.2) is 30.0 Å². The fraction of sp³-hybridized carbons (Fsp3) is 0.312. The predicted molar refractivity (Wildman–Crippen MR) is 84.8 cm³/mol. The van der Waals surface area contributed by atoms with Crippen molar-refractivity contribution in [1.82, 2.24) is 16.0 Å². The Labute approximate surface area is 139 Å². The number of rotatable bonds is 7. The van der Waals surface area contributed by atoms with E-state index in [9.17, 15) is 9.59 Å². The molecule has 1 aliphatic rings. The van der Waals surface area contributed by atoms with Crippen molar-refractivity contribution in [2.24, 2.45) is 0 Å². The van der Waals surface area contributed by atoms with Gasteiger partial charge in [0.15, 0.2) is 11.5 Å². The van der Waals surface area contributed by atoms with E-state index in [1.807, 2.05) is 12.1 Å². The molecule has 24 heavy (non-hydrogen) atoms. The van der Waals surface area contributed by atoms with Gasteiger partial charge in [0.2, 0.25) is 12.7 Å². The summed E-state index contributed by atoms with van der Waals surface area (Å²) in [7, 11) is 0. The molecule has 1 aliphatic heterocycles. The number of ether oxygens (including phenoxy) is 2. The van der Waals surface area contributed by atoms with Crippen LogP contribution in [0.4, 0.5) is 0 Å². The lowest BCUT2D eigenvalue weighted by molar-refractivity contribution is -0.119. The molecule has 2 amide bonds. The minimum Gasteiger partial charge on any atom is -0.454 e. The molecule has 0 saturated heterocycles. The van der Waals surface area contributed by atoms with Crippen LogP contribution in [0.25, 0.3) is 0 Å². The SMILES string of the molecule is CC(=O)NCCN/C=C(/C#N)C(=O)NCc1ccc2c(c1)OCO2. The molecule has 1 aromatic rings. The van der Waals surface area contributed by atoms with Crippen LogP contribution < -0.4 is 25.4 Å². The lowest BCUT2D eigenvalue weighted by atomic mass is 10.2. The molecule has 0 fully saturated rings. The molecule has 0 spiro atoms. The van der Waals surface area contributed by atoms with Crippen LogP contribution in [-0.4, -0.2) is 31.7 Å². The zero-order chi connectivity index (χ0) is 17.4. The highest BCUT2D eigenvalue weighted by Gasteiger charge is 2.14. The van der Waals surface area contributed by atoms with Crippen molar-refractivity contribution in [3.63, 3.8) is 0 Å². The molecule has 8 nitrogen and oxygen atoms in total. The summed E-state index contributed by atoms with van der Waals surface area (Å²) in [5.74, 6) is 0.688. The number of carbonyl (C=O) groups is 2. The number of nitriles is 1. The monoisotopic (exact) mass is 330 g/mol. The van der Waals surface area contributed by atoms with Gasteiger partial charge in [-0.25, -0.2) is 0 Å². The summed E-state index contributed by atoms with van der Waals surface area (Å²) in [6.07, 6.45) is 1.33. The van der Waals surface area contributed by atoms with Gasteiger partial charge in [0, 0.05) is 32.8 Å². The molecular formula is C16H18N4O4. The Morgan fingerprint density at radius 2 is 2.04 bits per heavy atom. The molecule has 0 bridgehead atoms. The summed E-state index contributed by atoms with van der Waals surface area (Å²) in [4.78, 5) is 22.7. The first-order valence-electron chi connectivity index (χ1n) is 7.35. The average molecular weight is 330 g/mol. The molecule has 8 heteroatoms. The largest absolute Gasteiger partial charge is 0.454 e. The molecule has 0 aliphatic carbocycles. The number of amides is 2. The van der Waals surface area contributed by atoms with Crippen LogP contribution in [0.3, 0.4) is 0 Å². The van der Waals surface area contributed by atoms with Crippen LogP contribution in [0.5, 0.6) is 11.5 Å². The highest BCUT2D eigenvalue weighted by molar-refractivity contribution is 5.97. The van der Waals surface area contributed by atoms with E-state index in [2.05, 4.69) is 16.0 Å². The zero-order valence-electron chi connectivity index (χ0n) is 13.2. The van der Waals surface area contributed by atoms with Gasteiger partial charge in [0.25, 0.3) is 5.91 Å². The van der Waals surface area contributed by atoms with E-state index >= 15 is 0 Å². The van der Waals surface area contributed by atoms with Crippen molar-refractivity contribution in [2.45, 2.75) is 13.5 Å². The first kappa shape index (κ1) is 17.1. The van der Waals surface area contributed by atoms with Gasteiger partial charge in [-0.3, -0.25) is 9.59 Å². The second kappa shape index (κ2) is 8.43. The third-order valence-electron chi connectivity index (χ3n) is 3.14. The number of nitrogens with one attached hydrogen (secondary N) is 3. The van der Waals surface area contributed by atoms with Crippen molar-refractivity contribution in [2.75, 3.05) is 19.9 Å². The Bertz CT molecular complexity index is 694. The van der Waals surface area contributed by atoms with Gasteiger partial charge in [-0.2, -0.15) is 5.26 Å². The van der Waals surface area contributed by atoms with Gasteiger partial charge in [-0.1, -0.05) is 6.07 Å². The summed E-state index contributed by atoms with van der Waals surface area (Å²) in [5.41, 5.74) is 0.794. The van der Waals surface area contributed by atoms with Crippen LogP contribution in [0.2, 0.25) is 0 Å². The van der Waals surface area contributed by atoms with Gasteiger partial charge >= 0.3 is 0 Å². The number of hydrogen-bond donors (Lipinski definition) is 3. The van der Waals surface area contributed by atoms with Crippen LogP contribution in [0, 0.1) is 11.3 Å². The van der Waals surface area contributed by atoms with E-state index in [-0.39, 0.29) is 24.8 Å². The third kappa shape index (κ3) is 4.91. The van der Waals surface area contributed by atoms with E-state index in [1.165, 1.54) is 13.1 Å². The van der Waals surface area contributed by atoms with Crippen molar-refractivity contribution >= 4 is 11.8 Å². The Balaban J connectivity index is 1.81. The normalized spacial score (nSPS) is 12.2. The third-order valence-corrected chi connectivity index (χ3v) is 3.14. The molecule has 0 aromatic heterocycles. The number of fused-ring (bicyclic) bond motifs is 1. The summed E-state index contributed by atoms with van der Waals surface area (Å²) in [6.45, 7) is 2.70. The first-order chi connectivity index (χ1) is 11.6. The zero-order valence-corrected chi connectivity index (χ0v) is 13.2. The maximum absolute atomic E-state index is 12.0. The Morgan fingerprint density at radius 1 is 1.25 bits per heavy atom. The maximum atomic E-state index is 12.0. The predicted octanol–water partition coefficient (Wildman–Crippen LogP) is 0.165. The highest BCUT2D eigenvalue weighted by atomic mass is 16.7. The molecule has 1 aromatic carbocycles. The lowest BCUT2D eigenvalue weighted by Crippen LogP contribution is -2.29. The van der Waals surface area contributed by atoms with Gasteiger partial charge in [0.1, 0.15) is 11.6 Å². The Kier molecular flexibility index (Phi) is 6.02. The summed E-state index contributed by atoms with van der Waals surface area (Å²) in [5, 5.41) is 17.1. The van der Waals surface area contributed by atoms with Crippen molar-refractivity contribution in [3.8, 4) is 17.6 Å². The molecule has 0 radical (unpaired) electrons. The van der Waals surface area contributed by atoms with Crippen LogP contribution >= 0.6 is 0 Å². The van der Waals surface area contributed by atoms with E-state index < -0.39 is 5.91 Å². The smallest absolute Gasteiger partial charge is 0.263 e. The fourth-order valence-corrected chi connectivity index (χ4v) is 1.96. The minimum absolute atomic E-state index is 0.0430. The number of nitrogens with zero attached hydrogens (tertiary/aromatic N) is 1. The molecule has 3 N–H and O–H groups in total. The summed E-state index contributed by atoms with van der Waals surface area (Å²) in [6, 6.07) is 7.20. The second-order valence-corrected chi connectivity index (χ2v) is 4.98. The van der Waals surface area contributed by atoms with Crippen molar-refractivity contribution in [3.05, 3.63) is 35.5 Å². The molecular weight excluding hydrogens is 312 g/mol. The van der Waals surface area contributed by atoms with E-state index in [4.69, 9.17) is 14.7 Å². The lowest BCUT2D eigenvalue weighted by Gasteiger charge is -2.06. The molecule has 2 rings (SSSR count). The van der Waals surface area contributed by atoms with Crippen molar-refractivity contribution < 1.29 is 19.1 Å². The van der Waals surface area contributed by atoms with Gasteiger partial charge < -0.3 is 25.4 Å². The molecule has 126 valence electrons. The van der Waals surface area contributed by atoms with Crippen LogP contribution in [-0.2, 0) is 16.1 Å². The Morgan fingerprint density at radius 3 is 2.79 bits per heavy atom. The summed E-state index contributed by atoms with van der Waals surface area (Å²) < 4.78 is 10.5. The van der Waals surface area contributed by atoms with Gasteiger partial charge in [0.05, 0.1) is 0 Å². The van der Waals surface area contributed by atoms with Gasteiger partial charge in [-0.05, 0) is 17.7 Å². The fourth-order valence-electron chi connectivity index (χ4n) is 1.96. The quantitative estimate of drug-likeness (QED) is 0.373. The number of hydrogen-bond acceptors (Lipinski definition) is 6. The topological polar surface area (TPSA) is 112 Å². The summed E-state index contributed by atoms with van der Waals surface area (Å²) >= 11 is 0. The second-order valence-electron chi connectivity index (χ2n) is 4.98. The van der Waals surface area contributed by atoms with Crippen LogP contribution in [0.1, 0.15) is 12.5 Å². The van der Waals surface area contributed by atoms with E-state index in [0.29, 0.717) is 24.6 Å². The highest BCUT2D eigenvalue weighted by Crippen LogP contribution is 2.32.